The highest BCUT2D eigenvalue weighted by Crippen LogP contribution is 2.20. The summed E-state index contributed by atoms with van der Waals surface area (Å²) in [7, 11) is 3.74. The van der Waals surface area contributed by atoms with Crippen LogP contribution in [0.1, 0.15) is 5.69 Å². The Morgan fingerprint density at radius 3 is 2.60 bits per heavy atom. The summed E-state index contributed by atoms with van der Waals surface area (Å²) < 4.78 is 1.73. The first-order chi connectivity index (χ1) is 7.09. The van der Waals surface area contributed by atoms with Gasteiger partial charge in [-0.15, -0.1) is 10.2 Å². The Morgan fingerprint density at radius 2 is 2.13 bits per heavy atom. The Labute approximate surface area is 87.7 Å². The number of anilines is 3. The van der Waals surface area contributed by atoms with Gasteiger partial charge in [-0.3, -0.25) is 9.47 Å². The van der Waals surface area contributed by atoms with E-state index in [0.29, 0.717) is 11.9 Å². The highest BCUT2D eigenvalue weighted by Gasteiger charge is 2.12. The highest BCUT2D eigenvalue weighted by atomic mass is 15.4. The van der Waals surface area contributed by atoms with Gasteiger partial charge in [0.05, 0.1) is 0 Å². The largest absolute Gasteiger partial charge is 0.368 e. The number of hydrogen-bond acceptors (Lipinski definition) is 4. The van der Waals surface area contributed by atoms with Crippen molar-refractivity contribution >= 4 is 17.7 Å². The average molecular weight is 206 g/mol. The smallest absolute Gasteiger partial charge is 0.233 e. The number of H-pyrrole nitrogens is 1. The first kappa shape index (κ1) is 9.57. The lowest BCUT2D eigenvalue weighted by Gasteiger charge is -2.15. The molecule has 0 aromatic carbocycles. The Kier molecular flexibility index (Phi) is 2.11. The Balaban J connectivity index is 2.36. The van der Waals surface area contributed by atoms with Crippen molar-refractivity contribution in [3.63, 3.8) is 0 Å². The number of hydrogen-bond donors (Lipinski definition) is 2. The number of nitrogen functional groups attached to an aromatic ring is 1. The molecule has 0 bridgehead atoms. The third-order valence-electron chi connectivity index (χ3n) is 2.36. The molecule has 0 fully saturated rings. The zero-order chi connectivity index (χ0) is 11.0. The minimum Gasteiger partial charge on any atom is -0.368 e. The molecule has 2 aromatic heterocycles. The molecule has 0 aliphatic rings. The van der Waals surface area contributed by atoms with E-state index in [0.717, 1.165) is 11.5 Å². The van der Waals surface area contributed by atoms with E-state index >= 15 is 0 Å². The fourth-order valence-corrected chi connectivity index (χ4v) is 1.42. The highest BCUT2D eigenvalue weighted by molar-refractivity contribution is 5.53. The first-order valence-corrected chi connectivity index (χ1v) is 4.64. The molecule has 6 heteroatoms. The second kappa shape index (κ2) is 3.30. The van der Waals surface area contributed by atoms with Crippen LogP contribution in [0.25, 0.3) is 0 Å². The predicted octanol–water partition coefficient (Wildman–Crippen LogP) is 0.802. The number of nitrogens with one attached hydrogen (secondary N) is 1. The van der Waals surface area contributed by atoms with Crippen LogP contribution in [-0.4, -0.2) is 26.8 Å². The molecule has 0 unspecified atom stereocenters. The molecule has 2 rings (SSSR count). The molecule has 2 aromatic rings. The molecule has 80 valence electrons. The summed E-state index contributed by atoms with van der Waals surface area (Å²) in [5.74, 6) is 2.07. The molecule has 0 radical (unpaired) electrons. The van der Waals surface area contributed by atoms with Crippen molar-refractivity contribution < 1.29 is 0 Å². The van der Waals surface area contributed by atoms with E-state index in [4.69, 9.17) is 5.73 Å². The Hall–Kier alpha value is -1.98. The van der Waals surface area contributed by atoms with E-state index in [1.807, 2.05) is 38.1 Å². The zero-order valence-corrected chi connectivity index (χ0v) is 9.02. The van der Waals surface area contributed by atoms with Gasteiger partial charge in [-0.05, 0) is 19.1 Å². The van der Waals surface area contributed by atoms with Gasteiger partial charge in [0, 0.05) is 19.8 Å². The third kappa shape index (κ3) is 1.54. The van der Waals surface area contributed by atoms with Crippen LogP contribution < -0.4 is 10.6 Å². The summed E-state index contributed by atoms with van der Waals surface area (Å²) >= 11 is 0. The molecule has 0 spiro atoms. The number of aryl methyl sites for hydroxylation is 1. The number of rotatable bonds is 2. The van der Waals surface area contributed by atoms with Gasteiger partial charge in [-0.1, -0.05) is 0 Å². The van der Waals surface area contributed by atoms with E-state index in [9.17, 15) is 0 Å². The van der Waals surface area contributed by atoms with Gasteiger partial charge in [-0.2, -0.15) is 0 Å². The van der Waals surface area contributed by atoms with Crippen LogP contribution in [0.5, 0.6) is 0 Å². The molecule has 3 N–H and O–H groups in total. The fourth-order valence-electron chi connectivity index (χ4n) is 1.42. The Bertz CT molecular complexity index is 469. The number of aromatic nitrogens is 4. The zero-order valence-electron chi connectivity index (χ0n) is 9.02. The maximum atomic E-state index is 5.61. The summed E-state index contributed by atoms with van der Waals surface area (Å²) in [5, 5.41) is 7.80. The van der Waals surface area contributed by atoms with Crippen molar-refractivity contribution in [2.45, 2.75) is 6.92 Å². The maximum Gasteiger partial charge on any atom is 0.233 e. The molecule has 0 saturated carbocycles. The standard InChI is InChI=1S/C9H14N6/c1-6-4-5-7(11-6)14(2)9-13-12-8(10)15(9)3/h4-5,11H,1-3H3,(H2,10,12). The summed E-state index contributed by atoms with van der Waals surface area (Å²) in [5.41, 5.74) is 6.72. The van der Waals surface area contributed by atoms with Crippen molar-refractivity contribution in [1.82, 2.24) is 19.7 Å². The fraction of sp³-hybridized carbons (Fsp3) is 0.333. The van der Waals surface area contributed by atoms with E-state index in [1.165, 1.54) is 0 Å². The molecular weight excluding hydrogens is 192 g/mol. The number of nitrogens with zero attached hydrogens (tertiary/aromatic N) is 4. The molecule has 0 aliphatic heterocycles. The van der Waals surface area contributed by atoms with Gasteiger partial charge < -0.3 is 10.7 Å². The lowest BCUT2D eigenvalue weighted by Crippen LogP contribution is -2.15. The molecule has 6 nitrogen and oxygen atoms in total. The third-order valence-corrected chi connectivity index (χ3v) is 2.36. The van der Waals surface area contributed by atoms with E-state index in [2.05, 4.69) is 15.2 Å². The van der Waals surface area contributed by atoms with Crippen LogP contribution in [0.2, 0.25) is 0 Å². The van der Waals surface area contributed by atoms with Crippen LogP contribution in [0, 0.1) is 6.92 Å². The lowest BCUT2D eigenvalue weighted by atomic mass is 10.5. The quantitative estimate of drug-likeness (QED) is 0.762. The summed E-state index contributed by atoms with van der Waals surface area (Å²) in [6, 6.07) is 3.99. The lowest BCUT2D eigenvalue weighted by molar-refractivity contribution is 0.887. The predicted molar refractivity (Wildman–Crippen MR) is 59.0 cm³/mol. The van der Waals surface area contributed by atoms with Gasteiger partial charge in [0.15, 0.2) is 0 Å². The SMILES string of the molecule is Cc1ccc(N(C)c2nnc(N)n2C)[nH]1. The van der Waals surface area contributed by atoms with Crippen LogP contribution >= 0.6 is 0 Å². The van der Waals surface area contributed by atoms with Crippen molar-refractivity contribution in [1.29, 1.82) is 0 Å². The summed E-state index contributed by atoms with van der Waals surface area (Å²) in [6.07, 6.45) is 0. The second-order valence-electron chi connectivity index (χ2n) is 3.50. The first-order valence-electron chi connectivity index (χ1n) is 4.64. The average Bonchev–Trinajstić information content (AvgIpc) is 2.75. The van der Waals surface area contributed by atoms with Crippen molar-refractivity contribution in [2.75, 3.05) is 17.7 Å². The van der Waals surface area contributed by atoms with Crippen LogP contribution in [0.15, 0.2) is 12.1 Å². The monoisotopic (exact) mass is 206 g/mol. The number of nitrogens with two attached hydrogens (primary N) is 1. The van der Waals surface area contributed by atoms with E-state index in [-0.39, 0.29) is 0 Å². The van der Waals surface area contributed by atoms with Crippen LogP contribution in [0.4, 0.5) is 17.7 Å². The minimum atomic E-state index is 0.403. The van der Waals surface area contributed by atoms with Gasteiger partial charge in [0.1, 0.15) is 5.82 Å². The second-order valence-corrected chi connectivity index (χ2v) is 3.50. The molecular formula is C9H14N6. The molecule has 0 saturated heterocycles. The molecule has 2 heterocycles. The molecule has 15 heavy (non-hydrogen) atoms. The molecule has 0 amide bonds. The summed E-state index contributed by atoms with van der Waals surface area (Å²) in [6.45, 7) is 2.00. The Morgan fingerprint density at radius 1 is 1.40 bits per heavy atom. The van der Waals surface area contributed by atoms with E-state index < -0.39 is 0 Å². The van der Waals surface area contributed by atoms with Gasteiger partial charge in [-0.25, -0.2) is 0 Å². The summed E-state index contributed by atoms with van der Waals surface area (Å²) in [4.78, 5) is 5.11. The topological polar surface area (TPSA) is 75.8 Å². The van der Waals surface area contributed by atoms with Gasteiger partial charge in [0.2, 0.25) is 11.9 Å². The van der Waals surface area contributed by atoms with Crippen LogP contribution in [0.3, 0.4) is 0 Å². The molecule has 0 atom stereocenters. The van der Waals surface area contributed by atoms with Crippen molar-refractivity contribution in [2.24, 2.45) is 7.05 Å². The van der Waals surface area contributed by atoms with Gasteiger partial charge in [0.25, 0.3) is 0 Å². The normalized spacial score (nSPS) is 10.6. The van der Waals surface area contributed by atoms with Crippen molar-refractivity contribution in [3.8, 4) is 0 Å². The van der Waals surface area contributed by atoms with E-state index in [1.54, 1.807) is 4.57 Å². The van der Waals surface area contributed by atoms with Gasteiger partial charge >= 0.3 is 0 Å². The molecule has 0 aliphatic carbocycles. The number of aromatic amines is 1. The van der Waals surface area contributed by atoms with Crippen molar-refractivity contribution in [3.05, 3.63) is 17.8 Å². The van der Waals surface area contributed by atoms with Crippen LogP contribution in [-0.2, 0) is 7.05 Å². The minimum absolute atomic E-state index is 0.403. The maximum absolute atomic E-state index is 5.61.